The van der Waals surface area contributed by atoms with E-state index in [4.69, 9.17) is 5.11 Å². The highest BCUT2D eigenvalue weighted by molar-refractivity contribution is 7.13. The summed E-state index contributed by atoms with van der Waals surface area (Å²) in [5.41, 5.74) is 0.993. The summed E-state index contributed by atoms with van der Waals surface area (Å²) < 4.78 is 1.67. The molecule has 0 atom stereocenters. The molecule has 0 amide bonds. The number of hydrogen-bond acceptors (Lipinski definition) is 3. The van der Waals surface area contributed by atoms with Gasteiger partial charge in [-0.2, -0.15) is 0 Å². The zero-order chi connectivity index (χ0) is 13.8. The lowest BCUT2D eigenvalue weighted by molar-refractivity contribution is -0.136. The van der Waals surface area contributed by atoms with Crippen molar-refractivity contribution in [2.24, 2.45) is 0 Å². The van der Waals surface area contributed by atoms with Crippen LogP contribution in [0, 0.1) is 0 Å². The first-order chi connectivity index (χ1) is 9.13. The van der Waals surface area contributed by atoms with Gasteiger partial charge in [0.15, 0.2) is 0 Å². The van der Waals surface area contributed by atoms with Gasteiger partial charge >= 0.3 is 5.97 Å². The molecule has 0 radical (unpaired) electrons. The number of carboxylic acids is 1. The predicted molar refractivity (Wildman–Crippen MR) is 75.6 cm³/mol. The molecule has 5 heteroatoms. The fourth-order valence-electron chi connectivity index (χ4n) is 2.01. The summed E-state index contributed by atoms with van der Waals surface area (Å²) >= 11 is 1.57. The highest BCUT2D eigenvalue weighted by atomic mass is 32.1. The van der Waals surface area contributed by atoms with Crippen molar-refractivity contribution in [2.45, 2.75) is 26.3 Å². The van der Waals surface area contributed by atoms with E-state index in [0.29, 0.717) is 12.1 Å². The molecule has 0 aliphatic heterocycles. The van der Waals surface area contributed by atoms with Gasteiger partial charge in [0.05, 0.1) is 17.0 Å². The zero-order valence-electron chi connectivity index (χ0n) is 10.6. The van der Waals surface area contributed by atoms with Crippen molar-refractivity contribution in [3.63, 3.8) is 0 Å². The van der Waals surface area contributed by atoms with E-state index in [0.717, 1.165) is 17.0 Å². The molecule has 0 aromatic carbocycles. The predicted octanol–water partition coefficient (Wildman–Crippen LogP) is 2.61. The zero-order valence-corrected chi connectivity index (χ0v) is 11.4. The lowest BCUT2D eigenvalue weighted by atomic mass is 10.1. The molecule has 4 nitrogen and oxygen atoms in total. The number of thiophene rings is 1. The van der Waals surface area contributed by atoms with Crippen molar-refractivity contribution >= 4 is 17.3 Å². The Balaban J connectivity index is 2.54. The Morgan fingerprint density at radius 2 is 2.16 bits per heavy atom. The molecule has 0 aliphatic carbocycles. The van der Waals surface area contributed by atoms with Gasteiger partial charge in [-0.1, -0.05) is 19.1 Å². The minimum absolute atomic E-state index is 0.199. The number of carbonyl (C=O) groups is 1. The molecule has 19 heavy (non-hydrogen) atoms. The number of carboxylic acid groups (broad SMARTS) is 1. The molecule has 0 spiro atoms. The van der Waals surface area contributed by atoms with E-state index in [1.807, 2.05) is 30.5 Å². The molecule has 2 aromatic rings. The van der Waals surface area contributed by atoms with Crippen LogP contribution in [0.1, 0.15) is 18.9 Å². The van der Waals surface area contributed by atoms with E-state index in [-0.39, 0.29) is 12.0 Å². The minimum atomic E-state index is -0.982. The van der Waals surface area contributed by atoms with E-state index in [1.165, 1.54) is 0 Å². The minimum Gasteiger partial charge on any atom is -0.481 e. The number of hydrogen-bond donors (Lipinski definition) is 1. The number of aromatic nitrogens is 1. The highest BCUT2D eigenvalue weighted by Crippen LogP contribution is 2.24. The second-order valence-electron chi connectivity index (χ2n) is 4.25. The maximum Gasteiger partial charge on any atom is 0.308 e. The van der Waals surface area contributed by atoms with Crippen LogP contribution in [0.4, 0.5) is 0 Å². The van der Waals surface area contributed by atoms with Crippen LogP contribution in [-0.4, -0.2) is 15.6 Å². The first-order valence-corrected chi connectivity index (χ1v) is 7.00. The van der Waals surface area contributed by atoms with Crippen LogP contribution in [-0.2, 0) is 17.8 Å². The van der Waals surface area contributed by atoms with Crippen molar-refractivity contribution in [2.75, 3.05) is 0 Å². The van der Waals surface area contributed by atoms with Gasteiger partial charge in [-0.15, -0.1) is 11.3 Å². The first kappa shape index (κ1) is 13.5. The number of rotatable bonds is 5. The third-order valence-electron chi connectivity index (χ3n) is 2.82. The van der Waals surface area contributed by atoms with E-state index in [2.05, 4.69) is 0 Å². The first-order valence-electron chi connectivity index (χ1n) is 6.12. The van der Waals surface area contributed by atoms with Gasteiger partial charge in [-0.25, -0.2) is 0 Å². The summed E-state index contributed by atoms with van der Waals surface area (Å²) in [5.74, 6) is -0.982. The molecule has 2 aromatic heterocycles. The summed E-state index contributed by atoms with van der Waals surface area (Å²) in [7, 11) is 0. The molecule has 2 rings (SSSR count). The quantitative estimate of drug-likeness (QED) is 0.914. The highest BCUT2D eigenvalue weighted by Gasteiger charge is 2.12. The largest absolute Gasteiger partial charge is 0.481 e. The van der Waals surface area contributed by atoms with Crippen LogP contribution >= 0.6 is 11.3 Å². The summed E-state index contributed by atoms with van der Waals surface area (Å²) in [6, 6.07) is 7.35. The molecule has 1 N–H and O–H groups in total. The van der Waals surface area contributed by atoms with Gasteiger partial charge in [0, 0.05) is 12.1 Å². The third-order valence-corrected chi connectivity index (χ3v) is 3.71. The average Bonchev–Trinajstić information content (AvgIpc) is 2.88. The smallest absolute Gasteiger partial charge is 0.308 e. The van der Waals surface area contributed by atoms with Crippen LogP contribution in [0.15, 0.2) is 34.4 Å². The van der Waals surface area contributed by atoms with Crippen molar-refractivity contribution in [3.8, 4) is 10.6 Å². The average molecular weight is 277 g/mol. The fraction of sp³-hybridized carbons (Fsp3) is 0.286. The SMILES string of the molecule is CCCn1c(-c2cccs2)ccc(CC(=O)O)c1=O. The second kappa shape index (κ2) is 5.84. The van der Waals surface area contributed by atoms with E-state index in [9.17, 15) is 9.59 Å². The number of aliphatic carboxylic acids is 1. The Morgan fingerprint density at radius 1 is 1.37 bits per heavy atom. The Labute approximate surface area is 115 Å². The Kier molecular flexibility index (Phi) is 4.16. The van der Waals surface area contributed by atoms with Crippen molar-refractivity contribution in [1.29, 1.82) is 0 Å². The topological polar surface area (TPSA) is 59.3 Å². The Hall–Kier alpha value is -1.88. The fourth-order valence-corrected chi connectivity index (χ4v) is 2.77. The molecule has 0 unspecified atom stereocenters. The van der Waals surface area contributed by atoms with E-state index in [1.54, 1.807) is 22.0 Å². The Morgan fingerprint density at radius 3 is 2.74 bits per heavy atom. The summed E-state index contributed by atoms with van der Waals surface area (Å²) in [6.45, 7) is 2.59. The van der Waals surface area contributed by atoms with Crippen LogP contribution in [0.25, 0.3) is 10.6 Å². The van der Waals surface area contributed by atoms with E-state index < -0.39 is 5.97 Å². The molecular formula is C14H15NO3S. The van der Waals surface area contributed by atoms with Gasteiger partial charge in [-0.3, -0.25) is 9.59 Å². The van der Waals surface area contributed by atoms with Crippen molar-refractivity contribution in [3.05, 3.63) is 45.6 Å². The lowest BCUT2D eigenvalue weighted by Crippen LogP contribution is -2.26. The van der Waals surface area contributed by atoms with Crippen LogP contribution in [0.3, 0.4) is 0 Å². The molecule has 2 heterocycles. The Bertz CT molecular complexity index is 629. The molecule has 0 fully saturated rings. The van der Waals surface area contributed by atoms with Crippen LogP contribution < -0.4 is 5.56 Å². The molecule has 100 valence electrons. The monoisotopic (exact) mass is 277 g/mol. The second-order valence-corrected chi connectivity index (χ2v) is 5.20. The van der Waals surface area contributed by atoms with Gasteiger partial charge in [-0.05, 0) is 23.9 Å². The molecule has 0 bridgehead atoms. The normalized spacial score (nSPS) is 10.6. The van der Waals surface area contributed by atoms with Gasteiger partial charge < -0.3 is 9.67 Å². The molecule has 0 saturated heterocycles. The summed E-state index contributed by atoms with van der Waals surface area (Å²) in [6.07, 6.45) is 0.599. The standard InChI is InChI=1S/C14H15NO3S/c1-2-7-15-11(12-4-3-8-19-12)6-5-10(14(15)18)9-13(16)17/h3-6,8H,2,7,9H2,1H3,(H,16,17). The van der Waals surface area contributed by atoms with Crippen molar-refractivity contribution < 1.29 is 9.90 Å². The van der Waals surface area contributed by atoms with Gasteiger partial charge in [0.1, 0.15) is 0 Å². The van der Waals surface area contributed by atoms with Crippen LogP contribution in [0.2, 0.25) is 0 Å². The molecular weight excluding hydrogens is 262 g/mol. The number of pyridine rings is 1. The maximum absolute atomic E-state index is 12.3. The van der Waals surface area contributed by atoms with E-state index >= 15 is 0 Å². The molecule has 0 aliphatic rings. The summed E-state index contributed by atoms with van der Waals surface area (Å²) in [5, 5.41) is 10.8. The number of nitrogens with zero attached hydrogens (tertiary/aromatic N) is 1. The lowest BCUT2D eigenvalue weighted by Gasteiger charge is -2.12. The van der Waals surface area contributed by atoms with Crippen LogP contribution in [0.5, 0.6) is 0 Å². The maximum atomic E-state index is 12.3. The summed E-state index contributed by atoms with van der Waals surface area (Å²) in [4.78, 5) is 24.1. The van der Waals surface area contributed by atoms with Gasteiger partial charge in [0.2, 0.25) is 0 Å². The van der Waals surface area contributed by atoms with Crippen molar-refractivity contribution in [1.82, 2.24) is 4.57 Å². The van der Waals surface area contributed by atoms with Gasteiger partial charge in [0.25, 0.3) is 5.56 Å². The molecule has 0 saturated carbocycles. The third kappa shape index (κ3) is 2.93.